The van der Waals surface area contributed by atoms with E-state index in [4.69, 9.17) is 0 Å². The summed E-state index contributed by atoms with van der Waals surface area (Å²) in [6.07, 6.45) is 3.06. The molecule has 0 aromatic rings. The Morgan fingerprint density at radius 1 is 1.45 bits per heavy atom. The summed E-state index contributed by atoms with van der Waals surface area (Å²) >= 11 is 0. The molecule has 0 heterocycles. The average Bonchev–Trinajstić information content (AvgIpc) is 1.99. The minimum absolute atomic E-state index is 0.0663. The zero-order valence-corrected chi connectivity index (χ0v) is 7.15. The van der Waals surface area contributed by atoms with Gasteiger partial charge in [0.15, 0.2) is 0 Å². The monoisotopic (exact) mass is 157 g/mol. The smallest absolute Gasteiger partial charge is 0.233 e. The van der Waals surface area contributed by atoms with E-state index in [9.17, 15) is 4.79 Å². The number of likely N-dealkylation sites (N-methyl/N-ethyl adjacent to an activating group) is 1. The summed E-state index contributed by atoms with van der Waals surface area (Å²) in [5, 5.41) is 5.57. The van der Waals surface area contributed by atoms with Gasteiger partial charge in [-0.1, -0.05) is 19.8 Å². The predicted octanol–water partition coefficient (Wildman–Crippen LogP) is 0.326. The molecule has 0 rings (SSSR count). The van der Waals surface area contributed by atoms with Crippen molar-refractivity contribution in [2.45, 2.75) is 19.3 Å². The van der Waals surface area contributed by atoms with Crippen LogP contribution in [-0.2, 0) is 4.79 Å². The van der Waals surface area contributed by atoms with Crippen LogP contribution >= 0.6 is 0 Å². The molecule has 0 aromatic carbocycles. The summed E-state index contributed by atoms with van der Waals surface area (Å²) in [6.45, 7) is 4.89. The molecule has 0 saturated heterocycles. The third kappa shape index (κ3) is 7.33. The highest BCUT2D eigenvalue weighted by atomic mass is 16.1. The van der Waals surface area contributed by atoms with Crippen LogP contribution in [0.1, 0.15) is 19.3 Å². The second-order valence-corrected chi connectivity index (χ2v) is 2.44. The Kier molecular flexibility index (Phi) is 7.15. The van der Waals surface area contributed by atoms with Crippen LogP contribution in [0.5, 0.6) is 0 Å². The molecule has 65 valence electrons. The van der Waals surface area contributed by atoms with Crippen molar-refractivity contribution in [3.63, 3.8) is 0 Å². The molecule has 0 aliphatic carbocycles. The van der Waals surface area contributed by atoms with Crippen LogP contribution in [-0.4, -0.2) is 26.0 Å². The third-order valence-electron chi connectivity index (χ3n) is 1.34. The number of amides is 1. The van der Waals surface area contributed by atoms with Crippen LogP contribution in [0.3, 0.4) is 0 Å². The maximum absolute atomic E-state index is 10.8. The zero-order chi connectivity index (χ0) is 8.53. The van der Waals surface area contributed by atoms with Gasteiger partial charge in [0.1, 0.15) is 0 Å². The van der Waals surface area contributed by atoms with Gasteiger partial charge in [0.2, 0.25) is 5.91 Å². The predicted molar refractivity (Wildman–Crippen MR) is 46.1 cm³/mol. The van der Waals surface area contributed by atoms with E-state index in [-0.39, 0.29) is 5.91 Å². The van der Waals surface area contributed by atoms with Crippen molar-refractivity contribution < 1.29 is 4.79 Å². The number of hydrogen-bond acceptors (Lipinski definition) is 2. The van der Waals surface area contributed by atoms with Gasteiger partial charge in [0.25, 0.3) is 0 Å². The number of hydrogen-bond donors (Lipinski definition) is 2. The molecule has 0 atom stereocenters. The van der Waals surface area contributed by atoms with E-state index in [0.29, 0.717) is 6.54 Å². The molecule has 1 radical (unpaired) electrons. The Morgan fingerprint density at radius 3 is 2.73 bits per heavy atom. The van der Waals surface area contributed by atoms with E-state index >= 15 is 0 Å². The third-order valence-corrected chi connectivity index (χ3v) is 1.34. The minimum Gasteiger partial charge on any atom is -0.355 e. The lowest BCUT2D eigenvalue weighted by Crippen LogP contribution is -2.32. The van der Waals surface area contributed by atoms with Crippen molar-refractivity contribution in [1.82, 2.24) is 10.6 Å². The maximum atomic E-state index is 10.8. The van der Waals surface area contributed by atoms with Crippen LogP contribution in [0.25, 0.3) is 0 Å². The number of carbonyl (C=O) groups excluding carboxylic acids is 1. The summed E-state index contributed by atoms with van der Waals surface area (Å²) in [4.78, 5) is 10.8. The van der Waals surface area contributed by atoms with Crippen molar-refractivity contribution in [3.05, 3.63) is 6.92 Å². The molecular weight excluding hydrogens is 140 g/mol. The van der Waals surface area contributed by atoms with Gasteiger partial charge >= 0.3 is 0 Å². The van der Waals surface area contributed by atoms with Gasteiger partial charge < -0.3 is 10.6 Å². The number of rotatable bonds is 6. The van der Waals surface area contributed by atoms with Crippen molar-refractivity contribution in [3.8, 4) is 0 Å². The van der Waals surface area contributed by atoms with Gasteiger partial charge in [0.05, 0.1) is 6.54 Å². The normalized spacial score (nSPS) is 9.64. The second kappa shape index (κ2) is 7.54. The Morgan fingerprint density at radius 2 is 2.18 bits per heavy atom. The molecule has 3 nitrogen and oxygen atoms in total. The number of nitrogens with one attached hydrogen (secondary N) is 2. The molecule has 0 saturated carbocycles. The quantitative estimate of drug-likeness (QED) is 0.545. The Hall–Kier alpha value is -0.570. The fourth-order valence-electron chi connectivity index (χ4n) is 0.753. The fraction of sp³-hybridized carbons (Fsp3) is 0.750. The first-order valence-corrected chi connectivity index (χ1v) is 4.01. The van der Waals surface area contributed by atoms with Gasteiger partial charge in [-0.3, -0.25) is 4.79 Å². The summed E-state index contributed by atoms with van der Waals surface area (Å²) in [5.74, 6) is 0.0663. The van der Waals surface area contributed by atoms with Crippen molar-refractivity contribution >= 4 is 5.91 Å². The standard InChI is InChI=1S/C8H17N2O/c1-3-4-5-6-10-8(11)7-9-2/h9H,1,3-7H2,2H3,(H,10,11). The minimum atomic E-state index is 0.0663. The molecule has 0 fully saturated rings. The lowest BCUT2D eigenvalue weighted by molar-refractivity contribution is -0.120. The summed E-state index contributed by atoms with van der Waals surface area (Å²) in [5.41, 5.74) is 0. The molecular formula is C8H17N2O. The van der Waals surface area contributed by atoms with Crippen LogP contribution < -0.4 is 10.6 Å². The molecule has 2 N–H and O–H groups in total. The SMILES string of the molecule is [CH2]CCCCNC(=O)CNC. The van der Waals surface area contributed by atoms with Crippen LogP contribution in [0.4, 0.5) is 0 Å². The van der Waals surface area contributed by atoms with E-state index in [1.807, 2.05) is 0 Å². The first-order chi connectivity index (χ1) is 5.31. The lowest BCUT2D eigenvalue weighted by atomic mass is 10.2. The Balaban J connectivity index is 3.04. The van der Waals surface area contributed by atoms with Gasteiger partial charge in [-0.2, -0.15) is 0 Å². The Bertz CT molecular complexity index is 104. The van der Waals surface area contributed by atoms with Gasteiger partial charge in [-0.05, 0) is 13.5 Å². The van der Waals surface area contributed by atoms with Crippen LogP contribution in [0.2, 0.25) is 0 Å². The van der Waals surface area contributed by atoms with Gasteiger partial charge in [-0.15, -0.1) is 0 Å². The van der Waals surface area contributed by atoms with Crippen molar-refractivity contribution in [2.75, 3.05) is 20.1 Å². The van der Waals surface area contributed by atoms with E-state index in [1.54, 1.807) is 7.05 Å². The fourth-order valence-corrected chi connectivity index (χ4v) is 0.753. The van der Waals surface area contributed by atoms with Gasteiger partial charge in [0, 0.05) is 6.54 Å². The second-order valence-electron chi connectivity index (χ2n) is 2.44. The summed E-state index contributed by atoms with van der Waals surface area (Å²) < 4.78 is 0. The molecule has 0 unspecified atom stereocenters. The summed E-state index contributed by atoms with van der Waals surface area (Å²) in [7, 11) is 1.76. The number of unbranched alkanes of at least 4 members (excludes halogenated alkanes) is 2. The van der Waals surface area contributed by atoms with Crippen LogP contribution in [0, 0.1) is 6.92 Å². The molecule has 1 amide bonds. The van der Waals surface area contributed by atoms with Crippen LogP contribution in [0.15, 0.2) is 0 Å². The molecule has 0 bridgehead atoms. The van der Waals surface area contributed by atoms with Gasteiger partial charge in [-0.25, -0.2) is 0 Å². The molecule has 0 aliphatic rings. The maximum Gasteiger partial charge on any atom is 0.233 e. The van der Waals surface area contributed by atoms with E-state index in [1.165, 1.54) is 0 Å². The largest absolute Gasteiger partial charge is 0.355 e. The first kappa shape index (κ1) is 10.4. The van der Waals surface area contributed by atoms with E-state index in [2.05, 4.69) is 17.6 Å². The first-order valence-electron chi connectivity index (χ1n) is 4.01. The molecule has 3 heteroatoms. The highest BCUT2D eigenvalue weighted by Gasteiger charge is 1.95. The topological polar surface area (TPSA) is 41.1 Å². The highest BCUT2D eigenvalue weighted by Crippen LogP contribution is 1.89. The number of carbonyl (C=O) groups is 1. The van der Waals surface area contributed by atoms with Crippen molar-refractivity contribution in [1.29, 1.82) is 0 Å². The highest BCUT2D eigenvalue weighted by molar-refractivity contribution is 5.77. The van der Waals surface area contributed by atoms with E-state index in [0.717, 1.165) is 25.8 Å². The summed E-state index contributed by atoms with van der Waals surface area (Å²) in [6, 6.07) is 0. The molecule has 0 aliphatic heterocycles. The zero-order valence-electron chi connectivity index (χ0n) is 7.15. The van der Waals surface area contributed by atoms with E-state index < -0.39 is 0 Å². The average molecular weight is 157 g/mol. The molecule has 0 spiro atoms. The molecule has 11 heavy (non-hydrogen) atoms. The lowest BCUT2D eigenvalue weighted by Gasteiger charge is -2.02. The Labute approximate surface area is 68.6 Å². The molecule has 0 aromatic heterocycles. The van der Waals surface area contributed by atoms with Crippen molar-refractivity contribution in [2.24, 2.45) is 0 Å².